The molecule has 0 bridgehead atoms. The first kappa shape index (κ1) is 10.1. The average molecular weight is 196 g/mol. The number of nitrogens with two attached hydrogens (primary N) is 2. The lowest BCUT2D eigenvalue weighted by atomic mass is 10.4. The highest BCUT2D eigenvalue weighted by Crippen LogP contribution is 2.14. The van der Waals surface area contributed by atoms with Gasteiger partial charge >= 0.3 is 5.97 Å². The Balaban J connectivity index is 2.60. The van der Waals surface area contributed by atoms with Crippen LogP contribution in [-0.2, 0) is 9.53 Å². The fourth-order valence-corrected chi connectivity index (χ4v) is 0.819. The van der Waals surface area contributed by atoms with Crippen LogP contribution >= 0.6 is 0 Å². The molecule has 0 amide bonds. The fourth-order valence-electron chi connectivity index (χ4n) is 0.819. The van der Waals surface area contributed by atoms with Crippen molar-refractivity contribution >= 4 is 23.3 Å². The van der Waals surface area contributed by atoms with Gasteiger partial charge in [0, 0.05) is 0 Å². The third kappa shape index (κ3) is 2.51. The minimum absolute atomic E-state index is 0.0485. The maximum atomic E-state index is 10.8. The molecule has 0 fully saturated rings. The van der Waals surface area contributed by atoms with Gasteiger partial charge in [0.1, 0.15) is 18.2 Å². The van der Waals surface area contributed by atoms with Gasteiger partial charge in [0.05, 0.1) is 12.8 Å². The molecule has 0 unspecified atom stereocenters. The minimum Gasteiger partial charge on any atom is -0.468 e. The van der Waals surface area contributed by atoms with Crippen molar-refractivity contribution in [3.63, 3.8) is 0 Å². The molecule has 5 N–H and O–H groups in total. The first-order valence-corrected chi connectivity index (χ1v) is 3.96. The molecule has 1 heterocycles. The second-order valence-corrected chi connectivity index (χ2v) is 2.60. The molecule has 6 nitrogen and oxygen atoms in total. The lowest BCUT2D eigenvalue weighted by molar-refractivity contribution is -0.138. The van der Waals surface area contributed by atoms with Gasteiger partial charge in [-0.3, -0.25) is 4.79 Å². The Labute approximate surface area is 81.3 Å². The predicted molar refractivity (Wildman–Crippen MR) is 53.6 cm³/mol. The number of carbonyl (C=O) groups is 1. The van der Waals surface area contributed by atoms with E-state index < -0.39 is 0 Å². The van der Waals surface area contributed by atoms with E-state index in [0.29, 0.717) is 11.5 Å². The summed E-state index contributed by atoms with van der Waals surface area (Å²) in [7, 11) is 1.31. The molecule has 1 aromatic heterocycles. The van der Waals surface area contributed by atoms with E-state index in [1.165, 1.54) is 7.11 Å². The molecule has 0 aliphatic heterocycles. The number of ether oxygens (including phenoxy) is 1. The van der Waals surface area contributed by atoms with Crippen molar-refractivity contribution in [2.75, 3.05) is 30.4 Å². The number of rotatable bonds is 3. The van der Waals surface area contributed by atoms with Crippen molar-refractivity contribution in [2.24, 2.45) is 0 Å². The number of methoxy groups -OCH3 is 1. The van der Waals surface area contributed by atoms with E-state index in [1.54, 1.807) is 12.1 Å². The Hall–Kier alpha value is -1.98. The molecule has 0 saturated carbocycles. The van der Waals surface area contributed by atoms with Crippen molar-refractivity contribution in [1.82, 2.24) is 4.98 Å². The van der Waals surface area contributed by atoms with Crippen LogP contribution in [0.1, 0.15) is 0 Å². The molecular formula is C8H12N4O2. The van der Waals surface area contributed by atoms with E-state index in [-0.39, 0.29) is 18.3 Å². The monoisotopic (exact) mass is 196 g/mol. The van der Waals surface area contributed by atoms with Crippen molar-refractivity contribution in [2.45, 2.75) is 0 Å². The number of esters is 1. The third-order valence-electron chi connectivity index (χ3n) is 1.60. The summed E-state index contributed by atoms with van der Waals surface area (Å²) in [5.41, 5.74) is 11.3. The van der Waals surface area contributed by atoms with Gasteiger partial charge in [-0.05, 0) is 12.1 Å². The van der Waals surface area contributed by atoms with E-state index in [4.69, 9.17) is 11.5 Å². The third-order valence-corrected chi connectivity index (χ3v) is 1.60. The predicted octanol–water partition coefficient (Wildman–Crippen LogP) is -0.169. The molecular weight excluding hydrogens is 184 g/mol. The number of hydrogen-bond acceptors (Lipinski definition) is 6. The quantitative estimate of drug-likeness (QED) is 0.580. The molecule has 14 heavy (non-hydrogen) atoms. The van der Waals surface area contributed by atoms with Gasteiger partial charge in [-0.15, -0.1) is 0 Å². The second-order valence-electron chi connectivity index (χ2n) is 2.60. The molecule has 0 aliphatic carbocycles. The summed E-state index contributed by atoms with van der Waals surface area (Å²) in [5.74, 6) is 0.351. The Morgan fingerprint density at radius 3 is 2.86 bits per heavy atom. The number of anilines is 3. The Bertz CT molecular complexity index is 340. The van der Waals surface area contributed by atoms with Crippen LogP contribution in [0, 0.1) is 0 Å². The molecule has 1 rings (SSSR count). The smallest absolute Gasteiger partial charge is 0.325 e. The summed E-state index contributed by atoms with van der Waals surface area (Å²) in [6.07, 6.45) is 0. The summed E-state index contributed by atoms with van der Waals surface area (Å²) < 4.78 is 4.44. The highest BCUT2D eigenvalue weighted by atomic mass is 16.5. The largest absolute Gasteiger partial charge is 0.468 e. The van der Waals surface area contributed by atoms with E-state index in [1.807, 2.05) is 0 Å². The molecule has 0 saturated heterocycles. The molecule has 1 aromatic rings. The molecule has 0 aromatic carbocycles. The first-order chi connectivity index (χ1) is 6.63. The lowest BCUT2D eigenvalue weighted by Gasteiger charge is -2.05. The zero-order valence-corrected chi connectivity index (χ0v) is 7.78. The Morgan fingerprint density at radius 2 is 2.29 bits per heavy atom. The van der Waals surface area contributed by atoms with Gasteiger partial charge in [-0.25, -0.2) is 4.98 Å². The van der Waals surface area contributed by atoms with Gasteiger partial charge in [0.25, 0.3) is 0 Å². The van der Waals surface area contributed by atoms with Gasteiger partial charge in [-0.2, -0.15) is 0 Å². The number of hydrogen-bond donors (Lipinski definition) is 3. The van der Waals surface area contributed by atoms with Gasteiger partial charge in [-0.1, -0.05) is 0 Å². The zero-order valence-electron chi connectivity index (χ0n) is 7.78. The summed E-state index contributed by atoms with van der Waals surface area (Å²) in [5, 5.41) is 2.74. The lowest BCUT2D eigenvalue weighted by Crippen LogP contribution is -2.16. The topological polar surface area (TPSA) is 103 Å². The molecule has 0 spiro atoms. The SMILES string of the molecule is COC(=O)CNc1ccc(N)c(N)n1. The van der Waals surface area contributed by atoms with Crippen LogP contribution < -0.4 is 16.8 Å². The minimum atomic E-state index is -0.373. The Kier molecular flexibility index (Phi) is 3.11. The average Bonchev–Trinajstić information content (AvgIpc) is 2.19. The van der Waals surface area contributed by atoms with E-state index >= 15 is 0 Å². The molecule has 76 valence electrons. The standard InChI is InChI=1S/C8H12N4O2/c1-14-7(13)4-11-6-3-2-5(9)8(10)12-6/h2-3H,4,9H2,1H3,(H3,10,11,12). The highest BCUT2D eigenvalue weighted by molar-refractivity contribution is 5.74. The Morgan fingerprint density at radius 1 is 1.57 bits per heavy atom. The van der Waals surface area contributed by atoms with Crippen LogP contribution in [0.2, 0.25) is 0 Å². The number of carbonyl (C=O) groups excluding carboxylic acids is 1. The van der Waals surface area contributed by atoms with Crippen molar-refractivity contribution in [3.8, 4) is 0 Å². The van der Waals surface area contributed by atoms with Crippen LogP contribution in [0.25, 0.3) is 0 Å². The first-order valence-electron chi connectivity index (χ1n) is 3.96. The summed E-state index contributed by atoms with van der Waals surface area (Å²) in [4.78, 5) is 14.7. The van der Waals surface area contributed by atoms with Crippen LogP contribution in [0.5, 0.6) is 0 Å². The number of nitrogens with one attached hydrogen (secondary N) is 1. The second kappa shape index (κ2) is 4.31. The summed E-state index contributed by atoms with van der Waals surface area (Å²) in [6.45, 7) is 0.0485. The van der Waals surface area contributed by atoms with Crippen molar-refractivity contribution in [1.29, 1.82) is 0 Å². The molecule has 0 radical (unpaired) electrons. The van der Waals surface area contributed by atoms with Crippen LogP contribution in [0.3, 0.4) is 0 Å². The van der Waals surface area contributed by atoms with Gasteiger partial charge < -0.3 is 21.5 Å². The number of nitrogen functional groups attached to an aromatic ring is 2. The van der Waals surface area contributed by atoms with Gasteiger partial charge in [0.15, 0.2) is 0 Å². The number of pyridine rings is 1. The van der Waals surface area contributed by atoms with E-state index in [2.05, 4.69) is 15.0 Å². The van der Waals surface area contributed by atoms with E-state index in [0.717, 1.165) is 0 Å². The maximum absolute atomic E-state index is 10.8. The van der Waals surface area contributed by atoms with Crippen LogP contribution in [-0.4, -0.2) is 24.6 Å². The summed E-state index contributed by atoms with van der Waals surface area (Å²) in [6, 6.07) is 3.25. The van der Waals surface area contributed by atoms with Crippen molar-refractivity contribution < 1.29 is 9.53 Å². The van der Waals surface area contributed by atoms with E-state index in [9.17, 15) is 4.79 Å². The number of aromatic nitrogens is 1. The molecule has 0 aliphatic rings. The fraction of sp³-hybridized carbons (Fsp3) is 0.250. The molecule has 0 atom stereocenters. The number of nitrogens with zero attached hydrogens (tertiary/aromatic N) is 1. The van der Waals surface area contributed by atoms with Crippen LogP contribution in [0.4, 0.5) is 17.3 Å². The molecule has 6 heteroatoms. The zero-order chi connectivity index (χ0) is 10.6. The summed E-state index contributed by atoms with van der Waals surface area (Å²) >= 11 is 0. The highest BCUT2D eigenvalue weighted by Gasteiger charge is 2.02. The van der Waals surface area contributed by atoms with Crippen molar-refractivity contribution in [3.05, 3.63) is 12.1 Å². The van der Waals surface area contributed by atoms with Crippen LogP contribution in [0.15, 0.2) is 12.1 Å². The maximum Gasteiger partial charge on any atom is 0.325 e. The van der Waals surface area contributed by atoms with Gasteiger partial charge in [0.2, 0.25) is 0 Å². The normalized spacial score (nSPS) is 9.50.